The Morgan fingerprint density at radius 3 is 2.32 bits per heavy atom. The van der Waals surface area contributed by atoms with Crippen LogP contribution in [0.2, 0.25) is 0 Å². The van der Waals surface area contributed by atoms with Gasteiger partial charge in [0.05, 0.1) is 0 Å². The Morgan fingerprint density at radius 1 is 1.11 bits per heavy atom. The maximum absolute atomic E-state index is 2.28. The van der Waals surface area contributed by atoms with Gasteiger partial charge in [0, 0.05) is 0 Å². The van der Waals surface area contributed by atoms with E-state index in [1.165, 1.54) is 47.1 Å². The lowest BCUT2D eigenvalue weighted by Gasteiger charge is -2.33. The molecule has 0 atom stereocenters. The first-order valence-corrected chi connectivity index (χ1v) is 7.34. The van der Waals surface area contributed by atoms with E-state index in [0.29, 0.717) is 0 Å². The standard InChI is InChI=1S/C19H24/c1-5-7-13-17-16(6-2)18(14(3)4)19(17)15-11-9-8-10-12-15/h6,8-12H,5,7,13H2,1-4H3. The fourth-order valence-electron chi connectivity index (χ4n) is 2.88. The van der Waals surface area contributed by atoms with Crippen LogP contribution in [-0.2, 0) is 0 Å². The molecule has 19 heavy (non-hydrogen) atoms. The highest BCUT2D eigenvalue weighted by Gasteiger charge is 2.29. The molecule has 1 aliphatic rings. The molecule has 1 aromatic rings. The topological polar surface area (TPSA) is 0 Å². The summed E-state index contributed by atoms with van der Waals surface area (Å²) in [5.41, 5.74) is 8.80. The van der Waals surface area contributed by atoms with Gasteiger partial charge < -0.3 is 0 Å². The van der Waals surface area contributed by atoms with E-state index >= 15 is 0 Å². The molecule has 1 aromatic carbocycles. The second-order valence-corrected chi connectivity index (χ2v) is 5.40. The third-order valence-electron chi connectivity index (χ3n) is 3.78. The van der Waals surface area contributed by atoms with E-state index in [1.54, 1.807) is 5.57 Å². The van der Waals surface area contributed by atoms with Crippen LogP contribution in [0.3, 0.4) is 0 Å². The van der Waals surface area contributed by atoms with Crippen molar-refractivity contribution < 1.29 is 0 Å². The van der Waals surface area contributed by atoms with Gasteiger partial charge in [-0.2, -0.15) is 0 Å². The Labute approximate surface area is 117 Å². The zero-order valence-corrected chi connectivity index (χ0v) is 12.6. The summed E-state index contributed by atoms with van der Waals surface area (Å²) in [5, 5.41) is 0. The molecule has 0 nitrogen and oxygen atoms in total. The fraction of sp³-hybridized carbons (Fsp3) is 0.368. The molecule has 0 heterocycles. The number of rotatable bonds is 4. The molecular weight excluding hydrogens is 228 g/mol. The summed E-state index contributed by atoms with van der Waals surface area (Å²) in [6.45, 7) is 8.86. The van der Waals surface area contributed by atoms with Gasteiger partial charge in [0.15, 0.2) is 0 Å². The van der Waals surface area contributed by atoms with Crippen molar-refractivity contribution in [3.8, 4) is 0 Å². The monoisotopic (exact) mass is 252 g/mol. The minimum absolute atomic E-state index is 1.21. The molecule has 0 aromatic heterocycles. The summed E-state index contributed by atoms with van der Waals surface area (Å²) >= 11 is 0. The maximum Gasteiger partial charge on any atom is -0.00679 e. The van der Waals surface area contributed by atoms with Crippen LogP contribution in [0.1, 0.15) is 52.5 Å². The van der Waals surface area contributed by atoms with Gasteiger partial charge in [-0.05, 0) is 61.5 Å². The smallest absolute Gasteiger partial charge is 0.00679 e. The molecule has 0 spiro atoms. The normalized spacial score (nSPS) is 16.8. The largest absolute Gasteiger partial charge is 0.0795 e. The first-order valence-electron chi connectivity index (χ1n) is 7.34. The first-order chi connectivity index (χ1) is 9.20. The van der Waals surface area contributed by atoms with E-state index in [9.17, 15) is 0 Å². The average molecular weight is 252 g/mol. The summed E-state index contributed by atoms with van der Waals surface area (Å²) in [7, 11) is 0. The van der Waals surface area contributed by atoms with Crippen LogP contribution in [0.5, 0.6) is 0 Å². The van der Waals surface area contributed by atoms with E-state index in [2.05, 4.69) is 64.1 Å². The van der Waals surface area contributed by atoms with Crippen molar-refractivity contribution >= 4 is 5.57 Å². The molecule has 0 fully saturated rings. The molecule has 0 unspecified atom stereocenters. The molecule has 0 bridgehead atoms. The Bertz CT molecular complexity index is 535. The first kappa shape index (κ1) is 13.9. The SMILES string of the molecule is CC=C1C(CCCC)=C(c2ccccc2)C1=C(C)C. The number of benzene rings is 1. The Hall–Kier alpha value is -1.56. The Balaban J connectivity index is 2.52. The van der Waals surface area contributed by atoms with Gasteiger partial charge in [-0.15, -0.1) is 0 Å². The van der Waals surface area contributed by atoms with E-state index in [4.69, 9.17) is 0 Å². The van der Waals surface area contributed by atoms with Gasteiger partial charge in [-0.25, -0.2) is 0 Å². The van der Waals surface area contributed by atoms with Crippen molar-refractivity contribution in [2.75, 3.05) is 0 Å². The average Bonchev–Trinajstić information content (AvgIpc) is 2.39. The van der Waals surface area contributed by atoms with Gasteiger partial charge in [0.1, 0.15) is 0 Å². The molecule has 0 radical (unpaired) electrons. The molecule has 0 aliphatic heterocycles. The predicted octanol–water partition coefficient (Wildman–Crippen LogP) is 5.93. The van der Waals surface area contributed by atoms with Crippen LogP contribution < -0.4 is 0 Å². The quantitative estimate of drug-likeness (QED) is 0.623. The van der Waals surface area contributed by atoms with Crippen LogP contribution in [-0.4, -0.2) is 0 Å². The van der Waals surface area contributed by atoms with Crippen LogP contribution in [0.4, 0.5) is 0 Å². The molecule has 0 saturated carbocycles. The van der Waals surface area contributed by atoms with Crippen LogP contribution in [0.25, 0.3) is 5.57 Å². The number of allylic oxidation sites excluding steroid dienone is 6. The van der Waals surface area contributed by atoms with E-state index in [-0.39, 0.29) is 0 Å². The lowest BCUT2D eigenvalue weighted by Crippen LogP contribution is -2.13. The molecule has 0 N–H and O–H groups in total. The molecular formula is C19H24. The van der Waals surface area contributed by atoms with Crippen LogP contribution in [0.15, 0.2) is 58.7 Å². The van der Waals surface area contributed by atoms with E-state index < -0.39 is 0 Å². The van der Waals surface area contributed by atoms with Crippen molar-refractivity contribution in [1.29, 1.82) is 0 Å². The van der Waals surface area contributed by atoms with Gasteiger partial charge in [-0.1, -0.05) is 55.3 Å². The highest BCUT2D eigenvalue weighted by atomic mass is 14.3. The molecule has 100 valence electrons. The predicted molar refractivity (Wildman–Crippen MR) is 85.0 cm³/mol. The second-order valence-electron chi connectivity index (χ2n) is 5.40. The molecule has 2 rings (SSSR count). The maximum atomic E-state index is 2.28. The third-order valence-corrected chi connectivity index (χ3v) is 3.78. The van der Waals surface area contributed by atoms with E-state index in [1.807, 2.05) is 0 Å². The molecule has 0 saturated heterocycles. The van der Waals surface area contributed by atoms with Gasteiger partial charge in [0.25, 0.3) is 0 Å². The zero-order chi connectivity index (χ0) is 13.8. The summed E-state index contributed by atoms with van der Waals surface area (Å²) in [4.78, 5) is 0. The Kier molecular flexibility index (Phi) is 4.42. The number of unbranched alkanes of at least 4 members (excludes halogenated alkanes) is 1. The summed E-state index contributed by atoms with van der Waals surface area (Å²) in [6, 6.07) is 10.8. The fourth-order valence-corrected chi connectivity index (χ4v) is 2.88. The van der Waals surface area contributed by atoms with Crippen molar-refractivity contribution in [2.24, 2.45) is 0 Å². The highest BCUT2D eigenvalue weighted by molar-refractivity contribution is 5.99. The summed E-state index contributed by atoms with van der Waals surface area (Å²) in [6.07, 6.45) is 6.02. The van der Waals surface area contributed by atoms with Crippen LogP contribution >= 0.6 is 0 Å². The number of hydrogen-bond acceptors (Lipinski definition) is 0. The highest BCUT2D eigenvalue weighted by Crippen LogP contribution is 2.49. The lowest BCUT2D eigenvalue weighted by atomic mass is 9.71. The minimum atomic E-state index is 1.21. The number of hydrogen-bond donors (Lipinski definition) is 0. The van der Waals surface area contributed by atoms with Gasteiger partial charge in [-0.3, -0.25) is 0 Å². The van der Waals surface area contributed by atoms with Crippen molar-refractivity contribution in [2.45, 2.75) is 47.0 Å². The molecule has 0 amide bonds. The minimum Gasteiger partial charge on any atom is -0.0795 e. The van der Waals surface area contributed by atoms with Crippen molar-refractivity contribution in [1.82, 2.24) is 0 Å². The zero-order valence-electron chi connectivity index (χ0n) is 12.6. The Morgan fingerprint density at radius 2 is 1.79 bits per heavy atom. The summed E-state index contributed by atoms with van der Waals surface area (Å²) in [5.74, 6) is 0. The van der Waals surface area contributed by atoms with Crippen LogP contribution in [0, 0.1) is 0 Å². The van der Waals surface area contributed by atoms with E-state index in [0.717, 1.165) is 0 Å². The van der Waals surface area contributed by atoms with Crippen molar-refractivity contribution in [3.63, 3.8) is 0 Å². The van der Waals surface area contributed by atoms with Gasteiger partial charge in [0.2, 0.25) is 0 Å². The van der Waals surface area contributed by atoms with Crippen molar-refractivity contribution in [3.05, 3.63) is 64.3 Å². The summed E-state index contributed by atoms with van der Waals surface area (Å²) < 4.78 is 0. The second kappa shape index (κ2) is 6.06. The molecule has 1 aliphatic carbocycles. The third kappa shape index (κ3) is 2.58. The van der Waals surface area contributed by atoms with Gasteiger partial charge >= 0.3 is 0 Å². The lowest BCUT2D eigenvalue weighted by molar-refractivity contribution is 0.787. The molecule has 0 heteroatoms.